The first-order valence-corrected chi connectivity index (χ1v) is 2.98. The van der Waals surface area contributed by atoms with E-state index in [0.29, 0.717) is 6.10 Å². The van der Waals surface area contributed by atoms with Crippen LogP contribution in [-0.2, 0) is 4.74 Å². The van der Waals surface area contributed by atoms with E-state index in [-0.39, 0.29) is 5.44 Å². The predicted molar refractivity (Wildman–Crippen MR) is 34.7 cm³/mol. The quantitative estimate of drug-likeness (QED) is 0.431. The second-order valence-corrected chi connectivity index (χ2v) is 2.51. The maximum Gasteiger partial charge on any atom is 0.0974 e. The van der Waals surface area contributed by atoms with Gasteiger partial charge in [-0.25, -0.2) is 0 Å². The zero-order valence-electron chi connectivity index (χ0n) is 5.01. The van der Waals surface area contributed by atoms with Gasteiger partial charge in [-0.1, -0.05) is 0 Å². The smallest absolute Gasteiger partial charge is 0.0974 e. The molecular formula is C5H12OS. The van der Waals surface area contributed by atoms with Gasteiger partial charge in [0, 0.05) is 0 Å². The van der Waals surface area contributed by atoms with Crippen molar-refractivity contribution in [1.29, 1.82) is 0 Å². The molecule has 44 valence electrons. The number of hydrogen-bond acceptors (Lipinski definition) is 2. The van der Waals surface area contributed by atoms with Crippen molar-refractivity contribution in [3.05, 3.63) is 0 Å². The molecule has 0 fully saturated rings. The minimum atomic E-state index is 0.0694. The van der Waals surface area contributed by atoms with Crippen LogP contribution in [0.25, 0.3) is 0 Å². The standard InChI is InChI=1S/C5H12OS/c1-4(2)6-5(3)7/h4-5,7H,1-3H3. The van der Waals surface area contributed by atoms with Gasteiger partial charge in [-0.2, -0.15) is 0 Å². The van der Waals surface area contributed by atoms with Crippen LogP contribution in [0.2, 0.25) is 0 Å². The first kappa shape index (κ1) is 7.31. The molecule has 0 heterocycles. The maximum absolute atomic E-state index is 5.11. The molecule has 0 aliphatic heterocycles. The highest BCUT2D eigenvalue weighted by Crippen LogP contribution is 1.98. The molecule has 0 aromatic heterocycles. The van der Waals surface area contributed by atoms with Crippen LogP contribution >= 0.6 is 12.6 Å². The largest absolute Gasteiger partial charge is 0.365 e. The Morgan fingerprint density at radius 3 is 1.71 bits per heavy atom. The molecule has 0 aliphatic carbocycles. The average molecular weight is 120 g/mol. The third kappa shape index (κ3) is 6.31. The Bertz CT molecular complexity index is 37.3. The summed E-state index contributed by atoms with van der Waals surface area (Å²) < 4.78 is 5.11. The Kier molecular flexibility index (Phi) is 3.48. The molecule has 0 aromatic rings. The number of ether oxygens (including phenoxy) is 1. The Morgan fingerprint density at radius 2 is 1.71 bits per heavy atom. The molecule has 0 amide bonds. The summed E-state index contributed by atoms with van der Waals surface area (Å²) in [6.45, 7) is 5.89. The summed E-state index contributed by atoms with van der Waals surface area (Å²) in [4.78, 5) is 0. The Morgan fingerprint density at radius 1 is 1.29 bits per heavy atom. The molecule has 0 rings (SSSR count). The fourth-order valence-electron chi connectivity index (χ4n) is 0.394. The van der Waals surface area contributed by atoms with Crippen molar-refractivity contribution in [2.75, 3.05) is 0 Å². The summed E-state index contributed by atoms with van der Waals surface area (Å²) in [5.41, 5.74) is 0.0694. The van der Waals surface area contributed by atoms with Gasteiger partial charge in [-0.3, -0.25) is 0 Å². The number of rotatable bonds is 2. The van der Waals surface area contributed by atoms with Crippen molar-refractivity contribution in [3.63, 3.8) is 0 Å². The van der Waals surface area contributed by atoms with E-state index in [1.807, 2.05) is 20.8 Å². The lowest BCUT2D eigenvalue weighted by atomic mass is 10.5. The normalized spacial score (nSPS) is 15.0. The van der Waals surface area contributed by atoms with Crippen LogP contribution in [0.5, 0.6) is 0 Å². The molecular weight excluding hydrogens is 108 g/mol. The minimum absolute atomic E-state index is 0.0694. The van der Waals surface area contributed by atoms with Gasteiger partial charge in [0.25, 0.3) is 0 Å². The van der Waals surface area contributed by atoms with Crippen LogP contribution in [-0.4, -0.2) is 11.5 Å². The highest BCUT2D eigenvalue weighted by Gasteiger charge is 1.94. The molecule has 0 spiro atoms. The summed E-state index contributed by atoms with van der Waals surface area (Å²) in [5.74, 6) is 0. The fraction of sp³-hybridized carbons (Fsp3) is 1.00. The summed E-state index contributed by atoms with van der Waals surface area (Å²) in [5, 5.41) is 0. The van der Waals surface area contributed by atoms with Crippen molar-refractivity contribution in [3.8, 4) is 0 Å². The van der Waals surface area contributed by atoms with Gasteiger partial charge in [0.1, 0.15) is 0 Å². The average Bonchev–Trinajstić information content (AvgIpc) is 1.27. The van der Waals surface area contributed by atoms with Crippen molar-refractivity contribution in [2.45, 2.75) is 32.3 Å². The molecule has 2 heteroatoms. The van der Waals surface area contributed by atoms with Crippen LogP contribution in [0.15, 0.2) is 0 Å². The van der Waals surface area contributed by atoms with E-state index in [1.54, 1.807) is 0 Å². The van der Waals surface area contributed by atoms with E-state index in [1.165, 1.54) is 0 Å². The molecule has 1 unspecified atom stereocenters. The highest BCUT2D eigenvalue weighted by atomic mass is 32.1. The topological polar surface area (TPSA) is 9.23 Å². The minimum Gasteiger partial charge on any atom is -0.365 e. The summed E-state index contributed by atoms with van der Waals surface area (Å²) in [6.07, 6.45) is 0.299. The summed E-state index contributed by atoms with van der Waals surface area (Å²) >= 11 is 4.02. The van der Waals surface area contributed by atoms with E-state index in [9.17, 15) is 0 Å². The van der Waals surface area contributed by atoms with Gasteiger partial charge in [-0.15, -0.1) is 12.6 Å². The molecule has 0 aliphatic rings. The van der Waals surface area contributed by atoms with Gasteiger partial charge in [-0.05, 0) is 20.8 Å². The molecule has 0 saturated heterocycles. The summed E-state index contributed by atoms with van der Waals surface area (Å²) in [7, 11) is 0. The predicted octanol–water partition coefficient (Wildman–Crippen LogP) is 1.69. The molecule has 0 N–H and O–H groups in total. The van der Waals surface area contributed by atoms with Gasteiger partial charge in [0.2, 0.25) is 0 Å². The molecule has 0 aromatic carbocycles. The Balaban J connectivity index is 2.95. The summed E-state index contributed by atoms with van der Waals surface area (Å²) in [6, 6.07) is 0. The van der Waals surface area contributed by atoms with Crippen molar-refractivity contribution in [2.24, 2.45) is 0 Å². The lowest BCUT2D eigenvalue weighted by Gasteiger charge is -2.08. The lowest BCUT2D eigenvalue weighted by Crippen LogP contribution is -2.07. The zero-order valence-corrected chi connectivity index (χ0v) is 5.90. The van der Waals surface area contributed by atoms with Crippen LogP contribution in [0.1, 0.15) is 20.8 Å². The van der Waals surface area contributed by atoms with Crippen LogP contribution in [0, 0.1) is 0 Å². The molecule has 0 radical (unpaired) electrons. The Labute approximate surface area is 50.5 Å². The van der Waals surface area contributed by atoms with Gasteiger partial charge >= 0.3 is 0 Å². The number of hydrogen-bond donors (Lipinski definition) is 1. The van der Waals surface area contributed by atoms with Crippen LogP contribution in [0.4, 0.5) is 0 Å². The first-order chi connectivity index (χ1) is 3.13. The lowest BCUT2D eigenvalue weighted by molar-refractivity contribution is 0.0703. The van der Waals surface area contributed by atoms with Crippen LogP contribution in [0.3, 0.4) is 0 Å². The van der Waals surface area contributed by atoms with Gasteiger partial charge < -0.3 is 4.74 Å². The Hall–Kier alpha value is 0.310. The van der Waals surface area contributed by atoms with Gasteiger partial charge in [0.05, 0.1) is 11.5 Å². The molecule has 1 atom stereocenters. The second-order valence-electron chi connectivity index (χ2n) is 1.78. The monoisotopic (exact) mass is 120 g/mol. The van der Waals surface area contributed by atoms with E-state index < -0.39 is 0 Å². The first-order valence-electron chi connectivity index (χ1n) is 2.46. The molecule has 0 bridgehead atoms. The van der Waals surface area contributed by atoms with Gasteiger partial charge in [0.15, 0.2) is 0 Å². The highest BCUT2D eigenvalue weighted by molar-refractivity contribution is 7.80. The van der Waals surface area contributed by atoms with Crippen molar-refractivity contribution >= 4 is 12.6 Å². The van der Waals surface area contributed by atoms with Crippen molar-refractivity contribution < 1.29 is 4.74 Å². The van der Waals surface area contributed by atoms with E-state index in [4.69, 9.17) is 4.74 Å². The second kappa shape index (κ2) is 3.33. The SMILES string of the molecule is CC(C)OC(C)S. The molecule has 0 saturated carbocycles. The van der Waals surface area contributed by atoms with E-state index >= 15 is 0 Å². The molecule has 1 nitrogen and oxygen atoms in total. The van der Waals surface area contributed by atoms with Crippen molar-refractivity contribution in [1.82, 2.24) is 0 Å². The van der Waals surface area contributed by atoms with E-state index in [0.717, 1.165) is 0 Å². The van der Waals surface area contributed by atoms with Crippen LogP contribution < -0.4 is 0 Å². The third-order valence-electron chi connectivity index (χ3n) is 0.469. The molecule has 7 heavy (non-hydrogen) atoms. The number of thiol groups is 1. The zero-order chi connectivity index (χ0) is 5.86. The third-order valence-corrected chi connectivity index (χ3v) is 0.591. The fourth-order valence-corrected chi connectivity index (χ4v) is 0.637. The van der Waals surface area contributed by atoms with E-state index in [2.05, 4.69) is 12.6 Å². The maximum atomic E-state index is 5.11.